The number of primary amides is 1. The highest BCUT2D eigenvalue weighted by Gasteiger charge is 1.91. The lowest BCUT2D eigenvalue weighted by molar-refractivity contribution is -0.114. The monoisotopic (exact) mass is 137 g/mol. The molecule has 0 radical (unpaired) electrons. The van der Waals surface area contributed by atoms with Gasteiger partial charge in [0.1, 0.15) is 0 Å². The minimum Gasteiger partial charge on any atom is -0.366 e. The lowest BCUT2D eigenvalue weighted by Crippen LogP contribution is -2.11. The average molecular weight is 137 g/mol. The molecule has 2 N–H and O–H groups in total. The van der Waals surface area contributed by atoms with E-state index in [1.807, 2.05) is 0 Å². The maximum atomic E-state index is 10.4. The Balaban J connectivity index is 4.04. The summed E-state index contributed by atoms with van der Waals surface area (Å²) in [5.41, 5.74) is 5.49. The Kier molecular flexibility index (Phi) is 3.96. The molecule has 0 aliphatic heterocycles. The van der Waals surface area contributed by atoms with Crippen molar-refractivity contribution in [1.29, 1.82) is 0 Å². The molecule has 0 aromatic rings. The molecule has 0 aromatic carbocycles. The Morgan fingerprint density at radius 1 is 1.50 bits per heavy atom. The average Bonchev–Trinajstić information content (AvgIpc) is 1.88. The topological polar surface area (TPSA) is 43.1 Å². The summed E-state index contributed by atoms with van der Waals surface area (Å²) in [6, 6.07) is 0. The molecule has 0 fully saturated rings. The van der Waals surface area contributed by atoms with Gasteiger partial charge in [0.05, 0.1) is 0 Å². The Morgan fingerprint density at radius 2 is 2.10 bits per heavy atom. The zero-order chi connectivity index (χ0) is 7.98. The molecule has 0 heterocycles. The van der Waals surface area contributed by atoms with Crippen molar-refractivity contribution in [3.05, 3.63) is 36.5 Å². The first-order valence-corrected chi connectivity index (χ1v) is 2.94. The predicted molar refractivity (Wildman–Crippen MR) is 42.3 cm³/mol. The van der Waals surface area contributed by atoms with Crippen molar-refractivity contribution < 1.29 is 4.79 Å². The smallest absolute Gasteiger partial charge is 0.244 e. The van der Waals surface area contributed by atoms with E-state index in [1.165, 1.54) is 0 Å². The van der Waals surface area contributed by atoms with Gasteiger partial charge in [0.25, 0.3) is 0 Å². The fourth-order valence-corrected chi connectivity index (χ4v) is 0.361. The van der Waals surface area contributed by atoms with Crippen molar-refractivity contribution >= 4 is 5.91 Å². The summed E-state index contributed by atoms with van der Waals surface area (Å²) in [4.78, 5) is 10.4. The number of allylic oxidation sites excluding steroid dienone is 4. The molecule has 0 saturated carbocycles. The maximum absolute atomic E-state index is 10.4. The zero-order valence-electron chi connectivity index (χ0n) is 6.00. The van der Waals surface area contributed by atoms with Gasteiger partial charge in [0, 0.05) is 5.57 Å². The SMILES string of the molecule is C=C/C=C\C=C(/C)C(N)=O. The third kappa shape index (κ3) is 3.66. The first-order chi connectivity index (χ1) is 4.68. The number of amides is 1. The molecular weight excluding hydrogens is 126 g/mol. The van der Waals surface area contributed by atoms with Crippen LogP contribution in [0, 0.1) is 0 Å². The zero-order valence-corrected chi connectivity index (χ0v) is 6.00. The van der Waals surface area contributed by atoms with Crippen molar-refractivity contribution in [3.8, 4) is 0 Å². The van der Waals surface area contributed by atoms with Crippen LogP contribution in [-0.4, -0.2) is 5.91 Å². The van der Waals surface area contributed by atoms with Crippen LogP contribution in [0.4, 0.5) is 0 Å². The van der Waals surface area contributed by atoms with E-state index in [-0.39, 0.29) is 0 Å². The summed E-state index contributed by atoms with van der Waals surface area (Å²) >= 11 is 0. The van der Waals surface area contributed by atoms with Crippen molar-refractivity contribution in [2.75, 3.05) is 0 Å². The molecule has 0 aliphatic rings. The third-order valence-electron chi connectivity index (χ3n) is 0.982. The van der Waals surface area contributed by atoms with Gasteiger partial charge in [-0.2, -0.15) is 0 Å². The lowest BCUT2D eigenvalue weighted by atomic mass is 10.2. The van der Waals surface area contributed by atoms with Crippen molar-refractivity contribution in [1.82, 2.24) is 0 Å². The van der Waals surface area contributed by atoms with E-state index in [0.717, 1.165) is 0 Å². The van der Waals surface area contributed by atoms with Crippen molar-refractivity contribution in [2.45, 2.75) is 6.92 Å². The summed E-state index contributed by atoms with van der Waals surface area (Å²) in [6.45, 7) is 5.13. The van der Waals surface area contributed by atoms with Gasteiger partial charge < -0.3 is 5.73 Å². The normalized spacial score (nSPS) is 11.9. The Bertz CT molecular complexity index is 189. The van der Waals surface area contributed by atoms with E-state index >= 15 is 0 Å². The highest BCUT2D eigenvalue weighted by Crippen LogP contribution is 1.90. The second-order valence-corrected chi connectivity index (χ2v) is 1.83. The second-order valence-electron chi connectivity index (χ2n) is 1.83. The maximum Gasteiger partial charge on any atom is 0.244 e. The van der Waals surface area contributed by atoms with Gasteiger partial charge in [-0.05, 0) is 6.92 Å². The molecule has 0 unspecified atom stereocenters. The van der Waals surface area contributed by atoms with E-state index in [9.17, 15) is 4.79 Å². The fraction of sp³-hybridized carbons (Fsp3) is 0.125. The van der Waals surface area contributed by atoms with Gasteiger partial charge >= 0.3 is 0 Å². The molecule has 0 bridgehead atoms. The van der Waals surface area contributed by atoms with Gasteiger partial charge in [-0.3, -0.25) is 4.79 Å². The summed E-state index contributed by atoms with van der Waals surface area (Å²) in [7, 11) is 0. The Labute approximate surface area is 60.7 Å². The lowest BCUT2D eigenvalue weighted by Gasteiger charge is -1.87. The van der Waals surface area contributed by atoms with E-state index < -0.39 is 5.91 Å². The van der Waals surface area contributed by atoms with Crippen LogP contribution in [0.2, 0.25) is 0 Å². The fourth-order valence-electron chi connectivity index (χ4n) is 0.361. The van der Waals surface area contributed by atoms with E-state index in [4.69, 9.17) is 5.73 Å². The molecule has 10 heavy (non-hydrogen) atoms. The second kappa shape index (κ2) is 4.56. The Hall–Kier alpha value is -1.31. The highest BCUT2D eigenvalue weighted by atomic mass is 16.1. The van der Waals surface area contributed by atoms with Crippen LogP contribution in [0.15, 0.2) is 36.5 Å². The van der Waals surface area contributed by atoms with Crippen molar-refractivity contribution in [3.63, 3.8) is 0 Å². The quantitative estimate of drug-likeness (QED) is 0.460. The van der Waals surface area contributed by atoms with Crippen LogP contribution in [0.3, 0.4) is 0 Å². The molecular formula is C8H11NO. The largest absolute Gasteiger partial charge is 0.366 e. The van der Waals surface area contributed by atoms with Crippen LogP contribution in [0.1, 0.15) is 6.92 Å². The van der Waals surface area contributed by atoms with E-state index in [1.54, 1.807) is 31.2 Å². The Morgan fingerprint density at radius 3 is 2.50 bits per heavy atom. The van der Waals surface area contributed by atoms with E-state index in [0.29, 0.717) is 5.57 Å². The van der Waals surface area contributed by atoms with Crippen LogP contribution < -0.4 is 5.73 Å². The molecule has 0 rings (SSSR count). The minimum absolute atomic E-state index is 0.395. The van der Waals surface area contributed by atoms with Crippen LogP contribution in [-0.2, 0) is 4.79 Å². The molecule has 0 atom stereocenters. The number of carbonyl (C=O) groups excluding carboxylic acids is 1. The van der Waals surface area contributed by atoms with E-state index in [2.05, 4.69) is 6.58 Å². The molecule has 0 aromatic heterocycles. The number of hydrogen-bond donors (Lipinski definition) is 1. The predicted octanol–water partition coefficient (Wildman–Crippen LogP) is 1.16. The van der Waals surface area contributed by atoms with Crippen LogP contribution in [0.25, 0.3) is 0 Å². The molecule has 1 amide bonds. The summed E-state index contributed by atoms with van der Waals surface area (Å²) in [6.07, 6.45) is 6.72. The van der Waals surface area contributed by atoms with Crippen molar-refractivity contribution in [2.24, 2.45) is 5.73 Å². The van der Waals surface area contributed by atoms with Gasteiger partial charge in [0.2, 0.25) is 5.91 Å². The van der Waals surface area contributed by atoms with Gasteiger partial charge in [-0.1, -0.05) is 30.9 Å². The molecule has 2 nitrogen and oxygen atoms in total. The molecule has 54 valence electrons. The minimum atomic E-state index is -0.395. The number of nitrogens with two attached hydrogens (primary N) is 1. The molecule has 0 aliphatic carbocycles. The van der Waals surface area contributed by atoms with Gasteiger partial charge in [0.15, 0.2) is 0 Å². The standard InChI is InChI=1S/C8H11NO/c1-3-4-5-6-7(2)8(9)10/h3-6H,1H2,2H3,(H2,9,10)/b5-4-,7-6+. The number of rotatable bonds is 3. The van der Waals surface area contributed by atoms with Crippen LogP contribution >= 0.6 is 0 Å². The number of carbonyl (C=O) groups is 1. The summed E-state index contributed by atoms with van der Waals surface area (Å²) in [5, 5.41) is 0. The van der Waals surface area contributed by atoms with Gasteiger partial charge in [-0.25, -0.2) is 0 Å². The van der Waals surface area contributed by atoms with Crippen LogP contribution in [0.5, 0.6) is 0 Å². The third-order valence-corrected chi connectivity index (χ3v) is 0.982. The summed E-state index contributed by atoms with van der Waals surface area (Å²) in [5.74, 6) is -0.395. The molecule has 0 spiro atoms. The molecule has 0 saturated heterocycles. The highest BCUT2D eigenvalue weighted by molar-refractivity contribution is 5.91. The first-order valence-electron chi connectivity index (χ1n) is 2.94. The molecule has 2 heteroatoms. The first kappa shape index (κ1) is 8.69. The summed E-state index contributed by atoms with van der Waals surface area (Å²) < 4.78 is 0. The van der Waals surface area contributed by atoms with Gasteiger partial charge in [-0.15, -0.1) is 0 Å². The number of hydrogen-bond acceptors (Lipinski definition) is 1.